The van der Waals surface area contributed by atoms with Crippen molar-refractivity contribution in [2.24, 2.45) is 29.6 Å². The summed E-state index contributed by atoms with van der Waals surface area (Å²) in [6.45, 7) is 4.00. The van der Waals surface area contributed by atoms with Gasteiger partial charge in [0.15, 0.2) is 0 Å². The lowest BCUT2D eigenvalue weighted by molar-refractivity contribution is -0.102. The zero-order valence-electron chi connectivity index (χ0n) is 19.9. The van der Waals surface area contributed by atoms with E-state index in [0.29, 0.717) is 18.8 Å². The molecule has 3 aliphatic carbocycles. The molecule has 0 heterocycles. The Labute approximate surface area is 194 Å². The van der Waals surface area contributed by atoms with Gasteiger partial charge < -0.3 is 4.74 Å². The maximum Gasteiger partial charge on any atom is 0.129 e. The molecule has 0 radical (unpaired) electrons. The first-order valence-electron chi connectivity index (χ1n) is 12.9. The summed E-state index contributed by atoms with van der Waals surface area (Å²) in [5.41, 5.74) is 0. The van der Waals surface area contributed by atoms with E-state index in [4.69, 9.17) is 11.2 Å². The van der Waals surface area contributed by atoms with Gasteiger partial charge >= 0.3 is 0 Å². The van der Waals surface area contributed by atoms with Crippen molar-refractivity contribution >= 4 is 0 Å². The van der Waals surface area contributed by atoms with Gasteiger partial charge in [-0.15, -0.1) is 6.42 Å². The first kappa shape index (κ1) is 25.1. The smallest absolute Gasteiger partial charge is 0.129 e. The van der Waals surface area contributed by atoms with Crippen LogP contribution in [-0.2, 0) is 4.74 Å². The molecule has 1 nitrogen and oxygen atoms in total. The van der Waals surface area contributed by atoms with Crippen LogP contribution in [0.25, 0.3) is 0 Å². The third kappa shape index (κ3) is 7.00. The lowest BCUT2D eigenvalue weighted by atomic mass is 9.65. The van der Waals surface area contributed by atoms with Gasteiger partial charge in [-0.3, -0.25) is 0 Å². The molecule has 0 aromatic carbocycles. The highest BCUT2D eigenvalue weighted by Gasteiger charge is 2.43. The van der Waals surface area contributed by atoms with Gasteiger partial charge in [0, 0.05) is 0 Å². The first-order chi connectivity index (χ1) is 15.5. The predicted molar refractivity (Wildman–Crippen MR) is 127 cm³/mol. The third-order valence-corrected chi connectivity index (χ3v) is 8.34. The minimum atomic E-state index is -1.27. The summed E-state index contributed by atoms with van der Waals surface area (Å²) in [6.07, 6.45) is 14.9. The fourth-order valence-corrected chi connectivity index (χ4v) is 6.64. The van der Waals surface area contributed by atoms with Crippen molar-refractivity contribution in [3.05, 3.63) is 0 Å². The number of terminal acetylenes is 1. The molecule has 0 saturated heterocycles. The van der Waals surface area contributed by atoms with E-state index >= 15 is 0 Å². The number of hydrogen-bond acceptors (Lipinski definition) is 1. The van der Waals surface area contributed by atoms with Gasteiger partial charge in [0.2, 0.25) is 0 Å². The van der Waals surface area contributed by atoms with Crippen LogP contribution in [0.1, 0.15) is 90.9 Å². The van der Waals surface area contributed by atoms with Crippen molar-refractivity contribution < 1.29 is 13.5 Å². The zero-order valence-corrected chi connectivity index (χ0v) is 19.9. The van der Waals surface area contributed by atoms with Crippen molar-refractivity contribution in [3.63, 3.8) is 0 Å². The van der Waals surface area contributed by atoms with E-state index in [9.17, 15) is 8.78 Å². The van der Waals surface area contributed by atoms with Crippen LogP contribution in [0.15, 0.2) is 0 Å². The quantitative estimate of drug-likeness (QED) is 0.407. The van der Waals surface area contributed by atoms with E-state index in [1.54, 1.807) is 6.92 Å². The van der Waals surface area contributed by atoms with Crippen molar-refractivity contribution in [1.29, 1.82) is 0 Å². The normalized spacial score (nSPS) is 38.3. The summed E-state index contributed by atoms with van der Waals surface area (Å²) in [7, 11) is 0. The molecule has 32 heavy (non-hydrogen) atoms. The second-order valence-corrected chi connectivity index (χ2v) is 10.4. The topological polar surface area (TPSA) is 9.23 Å². The number of alkyl halides is 2. The van der Waals surface area contributed by atoms with Gasteiger partial charge in [-0.2, -0.15) is 0 Å². The van der Waals surface area contributed by atoms with E-state index in [1.807, 2.05) is 0 Å². The number of ether oxygens (including phenoxy) is 1. The fourth-order valence-electron chi connectivity index (χ4n) is 6.64. The monoisotopic (exact) mass is 442 g/mol. The van der Waals surface area contributed by atoms with Crippen LogP contribution >= 0.6 is 0 Å². The molecule has 0 N–H and O–H groups in total. The molecule has 0 bridgehead atoms. The van der Waals surface area contributed by atoms with Gasteiger partial charge in [-0.05, 0) is 112 Å². The van der Waals surface area contributed by atoms with Crippen LogP contribution in [0.3, 0.4) is 0 Å². The molecule has 3 saturated carbocycles. The van der Waals surface area contributed by atoms with Gasteiger partial charge in [0.25, 0.3) is 0 Å². The molecule has 3 atom stereocenters. The van der Waals surface area contributed by atoms with Crippen molar-refractivity contribution in [1.82, 2.24) is 0 Å². The molecule has 0 aromatic heterocycles. The van der Waals surface area contributed by atoms with Crippen LogP contribution < -0.4 is 0 Å². The Morgan fingerprint density at radius 1 is 0.812 bits per heavy atom. The van der Waals surface area contributed by atoms with Crippen molar-refractivity contribution in [3.8, 4) is 36.0 Å². The average molecular weight is 443 g/mol. The van der Waals surface area contributed by atoms with E-state index in [2.05, 4.69) is 36.5 Å². The highest BCUT2D eigenvalue weighted by Crippen LogP contribution is 2.46. The second-order valence-electron chi connectivity index (χ2n) is 10.4. The zero-order chi connectivity index (χ0) is 22.9. The molecule has 3 fully saturated rings. The number of rotatable bonds is 6. The molecule has 0 amide bonds. The minimum Gasteiger partial charge on any atom is -0.356 e. The van der Waals surface area contributed by atoms with Crippen molar-refractivity contribution in [2.45, 2.75) is 115 Å². The molecule has 3 aliphatic rings. The molecule has 0 aliphatic heterocycles. The highest BCUT2D eigenvalue weighted by molar-refractivity contribution is 5.34. The van der Waals surface area contributed by atoms with Crippen LogP contribution in [0.4, 0.5) is 8.78 Å². The molecular formula is C29H40F2O. The van der Waals surface area contributed by atoms with Gasteiger partial charge in [0.1, 0.15) is 24.6 Å². The van der Waals surface area contributed by atoms with E-state index in [-0.39, 0.29) is 5.92 Å². The Hall–Kier alpha value is -1.50. The molecule has 3 rings (SSSR count). The van der Waals surface area contributed by atoms with Gasteiger partial charge in [0.05, 0.1) is 0 Å². The summed E-state index contributed by atoms with van der Waals surface area (Å²) in [5.74, 6) is 15.7. The molecular weight excluding hydrogens is 402 g/mol. The Bertz CT molecular complexity index is 719. The summed E-state index contributed by atoms with van der Waals surface area (Å²) >= 11 is 0. The molecule has 3 unspecified atom stereocenters. The Morgan fingerprint density at radius 2 is 1.34 bits per heavy atom. The minimum absolute atomic E-state index is 0.143. The Morgan fingerprint density at radius 3 is 1.88 bits per heavy atom. The van der Waals surface area contributed by atoms with Gasteiger partial charge in [-0.25, -0.2) is 8.78 Å². The largest absolute Gasteiger partial charge is 0.356 e. The van der Waals surface area contributed by atoms with E-state index in [0.717, 1.165) is 30.6 Å². The second kappa shape index (κ2) is 12.7. The van der Waals surface area contributed by atoms with Gasteiger partial charge in [-0.1, -0.05) is 38.5 Å². The van der Waals surface area contributed by atoms with E-state index < -0.39 is 24.6 Å². The number of hydrogen-bond donors (Lipinski definition) is 0. The lowest BCUT2D eigenvalue weighted by Crippen LogP contribution is -2.45. The maximum absolute atomic E-state index is 14.9. The molecule has 0 spiro atoms. The fraction of sp³-hybridized carbons (Fsp3) is 0.793. The van der Waals surface area contributed by atoms with Crippen molar-refractivity contribution in [2.75, 3.05) is 0 Å². The average Bonchev–Trinajstić information content (AvgIpc) is 2.80. The summed E-state index contributed by atoms with van der Waals surface area (Å²) < 4.78 is 35.4. The first-order valence-corrected chi connectivity index (χ1v) is 12.9. The van der Waals surface area contributed by atoms with Crippen LogP contribution in [-0.4, -0.2) is 24.6 Å². The lowest BCUT2D eigenvalue weighted by Gasteiger charge is -2.43. The van der Waals surface area contributed by atoms with Crippen LogP contribution in [0, 0.1) is 65.6 Å². The highest BCUT2D eigenvalue weighted by atomic mass is 19.1. The summed E-state index contributed by atoms with van der Waals surface area (Å²) in [4.78, 5) is 0. The third-order valence-electron chi connectivity index (χ3n) is 8.34. The SMILES string of the molecule is C#CC#CC#CC(C)OC1C(F)CC(C2CCC(C3CCC(CCC)CC3)CC2)CC1F. The Kier molecular flexibility index (Phi) is 9.94. The molecule has 176 valence electrons. The molecule has 3 heteroatoms. The summed E-state index contributed by atoms with van der Waals surface area (Å²) in [6, 6.07) is 0. The molecule has 0 aromatic rings. The van der Waals surface area contributed by atoms with Crippen LogP contribution in [0.2, 0.25) is 0 Å². The maximum atomic E-state index is 14.9. The van der Waals surface area contributed by atoms with Crippen LogP contribution in [0.5, 0.6) is 0 Å². The predicted octanol–water partition coefficient (Wildman–Crippen LogP) is 6.90. The standard InChI is InChI=1S/C29H40F2O/c1-4-6-7-8-10-21(3)32-29-27(30)19-26(20-28(29)31)25-17-15-24(16-18-25)23-13-11-22(9-5-2)12-14-23/h1,21-29H,5,9,11-20H2,2-3H3. The van der Waals surface area contributed by atoms with E-state index in [1.165, 1.54) is 51.4 Å². The number of halogens is 2. The Balaban J connectivity index is 1.43. The summed E-state index contributed by atoms with van der Waals surface area (Å²) in [5, 5.41) is 0.